The maximum absolute atomic E-state index is 13.4. The fourth-order valence-corrected chi connectivity index (χ4v) is 1.82. The van der Waals surface area contributed by atoms with Crippen LogP contribution in [0.1, 0.15) is 15.2 Å². The summed E-state index contributed by atoms with van der Waals surface area (Å²) in [5.41, 5.74) is 0.322. The summed E-state index contributed by atoms with van der Waals surface area (Å²) in [4.78, 5) is 12.1. The summed E-state index contributed by atoms with van der Waals surface area (Å²) < 4.78 is 17.0. The monoisotopic (exact) mass is 256 g/mol. The quantitative estimate of drug-likeness (QED) is 0.793. The summed E-state index contributed by atoms with van der Waals surface area (Å²) in [6, 6.07) is 4.25. The van der Waals surface area contributed by atoms with Gasteiger partial charge in [-0.05, 0) is 29.2 Å². The lowest BCUT2D eigenvalue weighted by Crippen LogP contribution is -2.03. The van der Waals surface area contributed by atoms with E-state index in [4.69, 9.17) is 11.6 Å². The number of aromatic nitrogens is 2. The van der Waals surface area contributed by atoms with Gasteiger partial charge in [-0.25, -0.2) is 4.39 Å². The molecule has 0 bridgehead atoms. The van der Waals surface area contributed by atoms with Crippen LogP contribution in [0.5, 0.6) is 0 Å². The average Bonchev–Trinajstić information content (AvgIpc) is 2.75. The minimum absolute atomic E-state index is 0.00707. The highest BCUT2D eigenvalue weighted by atomic mass is 35.5. The largest absolute Gasteiger partial charge is 0.293 e. The molecule has 0 unspecified atom stereocenters. The Morgan fingerprint density at radius 3 is 2.94 bits per heavy atom. The third-order valence-corrected chi connectivity index (χ3v) is 2.94. The van der Waals surface area contributed by atoms with E-state index in [1.807, 2.05) is 0 Å². The number of hydrogen-bond acceptors (Lipinski definition) is 4. The fourth-order valence-electron chi connectivity index (χ4n) is 1.22. The Hall–Kier alpha value is -1.33. The number of Topliss-reactive ketones (excluding diaryl/α,β-unsaturated/α-hetero) is 1. The van der Waals surface area contributed by atoms with Crippen LogP contribution in [0.15, 0.2) is 24.4 Å². The zero-order valence-corrected chi connectivity index (χ0v) is 9.56. The number of carbonyl (C=O) groups excluding carboxylic acids is 1. The van der Waals surface area contributed by atoms with Crippen molar-refractivity contribution < 1.29 is 9.18 Å². The predicted octanol–water partition coefficient (Wildman–Crippen LogP) is 2.76. The first kappa shape index (κ1) is 11.2. The van der Waals surface area contributed by atoms with Gasteiger partial charge in [0, 0.05) is 11.4 Å². The molecule has 1 aromatic carbocycles. The van der Waals surface area contributed by atoms with Crippen LogP contribution in [0, 0.1) is 5.82 Å². The normalized spacial score (nSPS) is 10.4. The Kier molecular flexibility index (Phi) is 3.26. The van der Waals surface area contributed by atoms with Crippen LogP contribution in [-0.4, -0.2) is 15.4 Å². The summed E-state index contributed by atoms with van der Waals surface area (Å²) in [5, 5.41) is 3.87. The summed E-state index contributed by atoms with van der Waals surface area (Å²) >= 11 is 6.61. The smallest absolute Gasteiger partial charge is 0.180 e. The lowest BCUT2D eigenvalue weighted by molar-refractivity contribution is 0.0995. The Morgan fingerprint density at radius 1 is 1.50 bits per heavy atom. The maximum atomic E-state index is 13.4. The van der Waals surface area contributed by atoms with Gasteiger partial charge >= 0.3 is 0 Å². The molecule has 0 amide bonds. The van der Waals surface area contributed by atoms with Gasteiger partial charge in [0.15, 0.2) is 5.78 Å². The van der Waals surface area contributed by atoms with Crippen molar-refractivity contribution in [3.63, 3.8) is 0 Å². The van der Waals surface area contributed by atoms with Crippen molar-refractivity contribution in [2.45, 2.75) is 6.42 Å². The summed E-state index contributed by atoms with van der Waals surface area (Å²) in [5.74, 6) is -0.672. The molecule has 6 heteroatoms. The molecule has 1 aromatic heterocycles. The van der Waals surface area contributed by atoms with Gasteiger partial charge in [0.2, 0.25) is 0 Å². The van der Waals surface area contributed by atoms with Crippen molar-refractivity contribution in [3.05, 3.63) is 45.7 Å². The summed E-state index contributed by atoms with van der Waals surface area (Å²) in [7, 11) is 0. The molecule has 0 fully saturated rings. The second kappa shape index (κ2) is 4.67. The van der Waals surface area contributed by atoms with Gasteiger partial charge in [-0.3, -0.25) is 4.79 Å². The van der Waals surface area contributed by atoms with E-state index in [-0.39, 0.29) is 12.2 Å². The predicted molar refractivity (Wildman–Crippen MR) is 59.4 cm³/mol. The van der Waals surface area contributed by atoms with E-state index in [2.05, 4.69) is 9.59 Å². The second-order valence-electron chi connectivity index (χ2n) is 3.12. The number of ketones is 1. The van der Waals surface area contributed by atoms with Gasteiger partial charge in [-0.2, -0.15) is 0 Å². The molecule has 2 rings (SSSR count). The molecule has 16 heavy (non-hydrogen) atoms. The molecule has 1 heterocycles. The van der Waals surface area contributed by atoms with Crippen LogP contribution in [0.2, 0.25) is 5.02 Å². The van der Waals surface area contributed by atoms with Crippen molar-refractivity contribution in [2.75, 3.05) is 0 Å². The lowest BCUT2D eigenvalue weighted by atomic mass is 10.1. The second-order valence-corrected chi connectivity index (χ2v) is 4.34. The first-order valence-electron chi connectivity index (χ1n) is 4.41. The molecule has 3 nitrogen and oxygen atoms in total. The number of benzene rings is 1. The number of halogens is 2. The van der Waals surface area contributed by atoms with Crippen molar-refractivity contribution in [1.29, 1.82) is 0 Å². The number of hydrogen-bond donors (Lipinski definition) is 0. The first-order chi connectivity index (χ1) is 7.66. The Labute approximate surface area is 100 Å². The third-order valence-electron chi connectivity index (χ3n) is 2.00. The van der Waals surface area contributed by atoms with E-state index in [9.17, 15) is 9.18 Å². The van der Waals surface area contributed by atoms with Crippen LogP contribution in [-0.2, 0) is 6.42 Å². The lowest BCUT2D eigenvalue weighted by Gasteiger charge is -2.01. The van der Waals surface area contributed by atoms with Crippen molar-refractivity contribution in [2.24, 2.45) is 0 Å². The Balaban J connectivity index is 2.18. The molecule has 0 aliphatic heterocycles. The van der Waals surface area contributed by atoms with Crippen LogP contribution in [0.3, 0.4) is 0 Å². The van der Waals surface area contributed by atoms with Gasteiger partial charge in [0.1, 0.15) is 10.7 Å². The van der Waals surface area contributed by atoms with E-state index in [0.717, 1.165) is 11.5 Å². The maximum Gasteiger partial charge on any atom is 0.180 e. The SMILES string of the molecule is O=C(Cc1ccc(Cl)cc1F)c1cnns1. The van der Waals surface area contributed by atoms with E-state index < -0.39 is 5.82 Å². The highest BCUT2D eigenvalue weighted by molar-refractivity contribution is 7.07. The number of carbonyl (C=O) groups is 1. The summed E-state index contributed by atoms with van der Waals surface area (Å²) in [6.45, 7) is 0. The number of rotatable bonds is 3. The molecule has 0 saturated carbocycles. The van der Waals surface area contributed by atoms with Crippen LogP contribution >= 0.6 is 23.1 Å². The molecule has 0 aliphatic rings. The van der Waals surface area contributed by atoms with Crippen molar-refractivity contribution in [3.8, 4) is 0 Å². The van der Waals surface area contributed by atoms with E-state index in [0.29, 0.717) is 15.5 Å². The van der Waals surface area contributed by atoms with E-state index >= 15 is 0 Å². The zero-order chi connectivity index (χ0) is 11.5. The topological polar surface area (TPSA) is 42.9 Å². The van der Waals surface area contributed by atoms with E-state index in [1.54, 1.807) is 6.07 Å². The van der Waals surface area contributed by atoms with Gasteiger partial charge < -0.3 is 0 Å². The van der Waals surface area contributed by atoms with Gasteiger partial charge in [-0.1, -0.05) is 22.2 Å². The zero-order valence-electron chi connectivity index (χ0n) is 7.98. The van der Waals surface area contributed by atoms with Crippen LogP contribution in [0.4, 0.5) is 4.39 Å². The fraction of sp³-hybridized carbons (Fsp3) is 0.100. The average molecular weight is 257 g/mol. The van der Waals surface area contributed by atoms with Crippen LogP contribution < -0.4 is 0 Å². The van der Waals surface area contributed by atoms with E-state index in [1.165, 1.54) is 18.3 Å². The third kappa shape index (κ3) is 2.43. The standard InChI is InChI=1S/C10H6ClFN2OS/c11-7-2-1-6(8(12)4-7)3-9(15)10-5-13-14-16-10/h1-2,4-5H,3H2. The molecule has 0 aliphatic carbocycles. The Bertz CT molecular complexity index is 516. The number of nitrogens with zero attached hydrogens (tertiary/aromatic N) is 2. The molecule has 2 aromatic rings. The van der Waals surface area contributed by atoms with Gasteiger partial charge in [-0.15, -0.1) is 5.10 Å². The van der Waals surface area contributed by atoms with Crippen LogP contribution in [0.25, 0.3) is 0 Å². The van der Waals surface area contributed by atoms with Crippen molar-refractivity contribution >= 4 is 28.9 Å². The van der Waals surface area contributed by atoms with Crippen molar-refractivity contribution in [1.82, 2.24) is 9.59 Å². The van der Waals surface area contributed by atoms with Gasteiger partial charge in [0.05, 0.1) is 6.20 Å². The molecule has 0 N–H and O–H groups in total. The minimum atomic E-state index is -0.474. The highest BCUT2D eigenvalue weighted by Gasteiger charge is 2.12. The minimum Gasteiger partial charge on any atom is -0.293 e. The molecule has 0 spiro atoms. The highest BCUT2D eigenvalue weighted by Crippen LogP contribution is 2.17. The first-order valence-corrected chi connectivity index (χ1v) is 5.56. The molecule has 0 saturated heterocycles. The Morgan fingerprint density at radius 2 is 2.31 bits per heavy atom. The molecule has 0 atom stereocenters. The summed E-state index contributed by atoms with van der Waals surface area (Å²) in [6.07, 6.45) is 1.37. The van der Waals surface area contributed by atoms with Gasteiger partial charge in [0.25, 0.3) is 0 Å². The molecular weight excluding hydrogens is 251 g/mol. The molecular formula is C10H6ClFN2OS. The molecule has 82 valence electrons. The molecule has 0 radical (unpaired) electrons.